The first-order chi connectivity index (χ1) is 7.72. The molecule has 2 N–H and O–H groups in total. The number of aromatic nitrogens is 2. The Balaban J connectivity index is 2.29. The molecule has 1 fully saturated rings. The van der Waals surface area contributed by atoms with Crippen LogP contribution in [0.5, 0.6) is 0 Å². The molecule has 5 heteroatoms. The first kappa shape index (κ1) is 12.0. The highest BCUT2D eigenvalue weighted by atomic mass is 127. The zero-order valence-electron chi connectivity index (χ0n) is 9.37. The van der Waals surface area contributed by atoms with E-state index in [-0.39, 0.29) is 0 Å². The number of nitrogens with two attached hydrogens (primary N) is 1. The van der Waals surface area contributed by atoms with E-state index in [2.05, 4.69) is 39.5 Å². The van der Waals surface area contributed by atoms with Crippen molar-refractivity contribution >= 4 is 28.4 Å². The molecule has 2 rings (SSSR count). The molecular formula is C11H16IN3O. The first-order valence-corrected chi connectivity index (χ1v) is 6.69. The summed E-state index contributed by atoms with van der Waals surface area (Å²) >= 11 is 2.22. The average Bonchev–Trinajstić information content (AvgIpc) is 2.33. The van der Waals surface area contributed by atoms with E-state index < -0.39 is 0 Å². The predicted molar refractivity (Wildman–Crippen MR) is 71.3 cm³/mol. The van der Waals surface area contributed by atoms with Crippen molar-refractivity contribution in [1.82, 2.24) is 9.97 Å². The topological polar surface area (TPSA) is 61.0 Å². The maximum Gasteiger partial charge on any atom is 0.140 e. The van der Waals surface area contributed by atoms with Gasteiger partial charge in [0.25, 0.3) is 0 Å². The molecule has 1 aliphatic heterocycles. The maximum atomic E-state index is 5.91. The summed E-state index contributed by atoms with van der Waals surface area (Å²) in [5.41, 5.74) is 6.98. The molecule has 1 aromatic heterocycles. The summed E-state index contributed by atoms with van der Waals surface area (Å²) in [6.07, 6.45) is 2.91. The summed E-state index contributed by atoms with van der Waals surface area (Å²) in [6.45, 7) is 3.71. The molecule has 0 aromatic carbocycles. The molecule has 0 unspecified atom stereocenters. The van der Waals surface area contributed by atoms with Gasteiger partial charge in [-0.2, -0.15) is 0 Å². The lowest BCUT2D eigenvalue weighted by molar-refractivity contribution is 0.0835. The third-order valence-corrected chi connectivity index (χ3v) is 4.06. The standard InChI is InChI=1S/C11H16IN3O/c1-2-8-9(12)10(13)15-11(14-8)7-3-5-16-6-4-7/h7H,2-6H2,1H3,(H2,13,14,15). The molecule has 0 aliphatic carbocycles. The molecule has 0 saturated carbocycles. The highest BCUT2D eigenvalue weighted by molar-refractivity contribution is 14.1. The Kier molecular flexibility index (Phi) is 3.96. The van der Waals surface area contributed by atoms with Crippen LogP contribution in [0.3, 0.4) is 0 Å². The van der Waals surface area contributed by atoms with Gasteiger partial charge in [0, 0.05) is 19.1 Å². The fourth-order valence-electron chi connectivity index (χ4n) is 1.91. The van der Waals surface area contributed by atoms with Crippen molar-refractivity contribution in [2.45, 2.75) is 32.1 Å². The summed E-state index contributed by atoms with van der Waals surface area (Å²) in [5.74, 6) is 1.94. The second kappa shape index (κ2) is 5.27. The Morgan fingerprint density at radius 1 is 1.38 bits per heavy atom. The van der Waals surface area contributed by atoms with Crippen LogP contribution < -0.4 is 5.73 Å². The zero-order chi connectivity index (χ0) is 11.5. The number of nitrogens with zero attached hydrogens (tertiary/aromatic N) is 2. The molecule has 1 saturated heterocycles. The molecule has 4 nitrogen and oxygen atoms in total. The summed E-state index contributed by atoms with van der Waals surface area (Å²) in [5, 5.41) is 0. The van der Waals surface area contributed by atoms with Gasteiger partial charge in [-0.15, -0.1) is 0 Å². The van der Waals surface area contributed by atoms with E-state index >= 15 is 0 Å². The summed E-state index contributed by atoms with van der Waals surface area (Å²) in [4.78, 5) is 9.03. The van der Waals surface area contributed by atoms with Gasteiger partial charge in [-0.1, -0.05) is 6.92 Å². The lowest BCUT2D eigenvalue weighted by Crippen LogP contribution is -2.18. The summed E-state index contributed by atoms with van der Waals surface area (Å²) in [6, 6.07) is 0. The minimum atomic E-state index is 0.415. The van der Waals surface area contributed by atoms with Crippen molar-refractivity contribution in [2.75, 3.05) is 18.9 Å². The van der Waals surface area contributed by atoms with Gasteiger partial charge in [0.05, 0.1) is 9.26 Å². The number of aryl methyl sites for hydroxylation is 1. The lowest BCUT2D eigenvalue weighted by Gasteiger charge is -2.21. The number of rotatable bonds is 2. The van der Waals surface area contributed by atoms with Crippen LogP contribution in [0.25, 0.3) is 0 Å². The minimum Gasteiger partial charge on any atom is -0.383 e. The van der Waals surface area contributed by atoms with Crippen LogP contribution in [0.4, 0.5) is 5.82 Å². The van der Waals surface area contributed by atoms with E-state index in [9.17, 15) is 0 Å². The molecule has 1 aromatic rings. The largest absolute Gasteiger partial charge is 0.383 e. The molecule has 0 amide bonds. The SMILES string of the molecule is CCc1nc(C2CCOCC2)nc(N)c1I. The molecular weight excluding hydrogens is 317 g/mol. The van der Waals surface area contributed by atoms with Crippen molar-refractivity contribution in [2.24, 2.45) is 0 Å². The van der Waals surface area contributed by atoms with Crippen LogP contribution in [0.2, 0.25) is 0 Å². The Labute approximate surface area is 109 Å². The van der Waals surface area contributed by atoms with Crippen LogP contribution in [-0.4, -0.2) is 23.2 Å². The van der Waals surface area contributed by atoms with Gasteiger partial charge in [0.2, 0.25) is 0 Å². The van der Waals surface area contributed by atoms with Gasteiger partial charge in [-0.3, -0.25) is 0 Å². The highest BCUT2D eigenvalue weighted by Crippen LogP contribution is 2.27. The van der Waals surface area contributed by atoms with E-state index in [0.717, 1.165) is 47.6 Å². The molecule has 1 aliphatic rings. The van der Waals surface area contributed by atoms with Crippen molar-refractivity contribution in [3.63, 3.8) is 0 Å². The van der Waals surface area contributed by atoms with Crippen LogP contribution in [-0.2, 0) is 11.2 Å². The average molecular weight is 333 g/mol. The number of halogens is 1. The summed E-state index contributed by atoms with van der Waals surface area (Å²) in [7, 11) is 0. The number of nitrogen functional groups attached to an aromatic ring is 1. The highest BCUT2D eigenvalue weighted by Gasteiger charge is 2.20. The predicted octanol–water partition coefficient (Wildman–Crippen LogP) is 2.12. The fourth-order valence-corrected chi connectivity index (χ4v) is 2.53. The molecule has 2 heterocycles. The van der Waals surface area contributed by atoms with Crippen LogP contribution in [0.1, 0.15) is 37.2 Å². The number of hydrogen-bond donors (Lipinski definition) is 1. The van der Waals surface area contributed by atoms with E-state index in [0.29, 0.717) is 11.7 Å². The number of anilines is 1. The first-order valence-electron chi connectivity index (χ1n) is 5.62. The van der Waals surface area contributed by atoms with Crippen molar-refractivity contribution in [3.05, 3.63) is 15.1 Å². The van der Waals surface area contributed by atoms with Crippen LogP contribution in [0.15, 0.2) is 0 Å². The normalized spacial score (nSPS) is 17.6. The number of hydrogen-bond acceptors (Lipinski definition) is 4. The molecule has 0 bridgehead atoms. The van der Waals surface area contributed by atoms with Crippen LogP contribution >= 0.6 is 22.6 Å². The minimum absolute atomic E-state index is 0.415. The summed E-state index contributed by atoms with van der Waals surface area (Å²) < 4.78 is 6.34. The van der Waals surface area contributed by atoms with Crippen LogP contribution in [0, 0.1) is 3.57 Å². The zero-order valence-corrected chi connectivity index (χ0v) is 11.5. The van der Waals surface area contributed by atoms with Crippen molar-refractivity contribution in [3.8, 4) is 0 Å². The Hall–Kier alpha value is -0.430. The second-order valence-electron chi connectivity index (χ2n) is 3.97. The van der Waals surface area contributed by atoms with E-state index in [4.69, 9.17) is 10.5 Å². The Morgan fingerprint density at radius 3 is 2.69 bits per heavy atom. The molecule has 0 atom stereocenters. The molecule has 16 heavy (non-hydrogen) atoms. The van der Waals surface area contributed by atoms with Gasteiger partial charge in [0.15, 0.2) is 0 Å². The quantitative estimate of drug-likeness (QED) is 0.843. The molecule has 0 radical (unpaired) electrons. The van der Waals surface area contributed by atoms with Gasteiger partial charge in [-0.25, -0.2) is 9.97 Å². The molecule has 0 spiro atoms. The van der Waals surface area contributed by atoms with Gasteiger partial charge in [-0.05, 0) is 41.9 Å². The lowest BCUT2D eigenvalue weighted by atomic mass is 9.99. The van der Waals surface area contributed by atoms with Crippen molar-refractivity contribution < 1.29 is 4.74 Å². The van der Waals surface area contributed by atoms with Gasteiger partial charge in [0.1, 0.15) is 11.6 Å². The third kappa shape index (κ3) is 2.45. The Bertz CT molecular complexity index is 378. The maximum absolute atomic E-state index is 5.91. The number of ether oxygens (including phenoxy) is 1. The van der Waals surface area contributed by atoms with E-state index in [1.165, 1.54) is 0 Å². The Morgan fingerprint density at radius 2 is 2.06 bits per heavy atom. The van der Waals surface area contributed by atoms with E-state index in [1.807, 2.05) is 0 Å². The molecule has 88 valence electrons. The van der Waals surface area contributed by atoms with Gasteiger partial charge >= 0.3 is 0 Å². The third-order valence-electron chi connectivity index (χ3n) is 2.88. The van der Waals surface area contributed by atoms with Gasteiger partial charge < -0.3 is 10.5 Å². The van der Waals surface area contributed by atoms with E-state index in [1.54, 1.807) is 0 Å². The smallest absolute Gasteiger partial charge is 0.140 e. The monoisotopic (exact) mass is 333 g/mol. The fraction of sp³-hybridized carbons (Fsp3) is 0.636. The van der Waals surface area contributed by atoms with Crippen molar-refractivity contribution in [1.29, 1.82) is 0 Å². The second-order valence-corrected chi connectivity index (χ2v) is 5.05.